The highest BCUT2D eigenvalue weighted by Crippen LogP contribution is 2.58. The number of fused-ring (bicyclic) bond motifs is 1. The molecule has 28 heavy (non-hydrogen) atoms. The molecule has 148 valence electrons. The summed E-state index contributed by atoms with van der Waals surface area (Å²) >= 11 is 6.09. The molecule has 2 aliphatic rings. The van der Waals surface area contributed by atoms with Gasteiger partial charge in [-0.15, -0.1) is 0 Å². The number of halogens is 1. The topological polar surface area (TPSA) is 84.9 Å². The number of carbonyl (C=O) groups excluding carboxylic acids is 1. The normalized spacial score (nSPS) is 24.4. The van der Waals surface area contributed by atoms with Crippen molar-refractivity contribution in [3.8, 4) is 11.5 Å². The van der Waals surface area contributed by atoms with Crippen molar-refractivity contribution in [2.75, 3.05) is 30.4 Å². The monoisotopic (exact) mass is 422 g/mol. The second-order valence-corrected chi connectivity index (χ2v) is 9.35. The van der Waals surface area contributed by atoms with Crippen molar-refractivity contribution < 1.29 is 22.7 Å². The second-order valence-electron chi connectivity index (χ2n) is 6.83. The summed E-state index contributed by atoms with van der Waals surface area (Å²) in [5.41, 5.74) is 0.946. The molecule has 1 aliphatic heterocycles. The van der Waals surface area contributed by atoms with E-state index in [0.717, 1.165) is 0 Å². The molecule has 1 N–H and O–H groups in total. The van der Waals surface area contributed by atoms with Gasteiger partial charge in [0, 0.05) is 18.2 Å². The van der Waals surface area contributed by atoms with Gasteiger partial charge < -0.3 is 14.8 Å². The first-order chi connectivity index (χ1) is 13.3. The number of sulfonamides is 1. The van der Waals surface area contributed by atoms with Crippen molar-refractivity contribution >= 4 is 38.9 Å². The van der Waals surface area contributed by atoms with Gasteiger partial charge in [0.05, 0.1) is 24.9 Å². The van der Waals surface area contributed by atoms with Crippen LogP contribution in [0.25, 0.3) is 0 Å². The summed E-state index contributed by atoms with van der Waals surface area (Å²) < 4.78 is 36.5. The number of amides is 1. The lowest BCUT2D eigenvalue weighted by molar-refractivity contribution is -0.116. The summed E-state index contributed by atoms with van der Waals surface area (Å²) in [5, 5.41) is 3.03. The summed E-state index contributed by atoms with van der Waals surface area (Å²) in [5.74, 6) is 0.332. The molecular weight excluding hydrogens is 404 g/mol. The molecule has 0 spiro atoms. The van der Waals surface area contributed by atoms with E-state index in [0.29, 0.717) is 34.3 Å². The Hall–Kier alpha value is -2.45. The first-order valence-electron chi connectivity index (χ1n) is 8.65. The van der Waals surface area contributed by atoms with Gasteiger partial charge >= 0.3 is 0 Å². The van der Waals surface area contributed by atoms with Crippen molar-refractivity contribution in [2.24, 2.45) is 5.92 Å². The number of ether oxygens (including phenoxy) is 2. The fraction of sp³-hybridized carbons (Fsp3) is 0.316. The number of methoxy groups -OCH3 is 2. The fourth-order valence-corrected chi connectivity index (χ4v) is 6.32. The zero-order chi connectivity index (χ0) is 20.1. The van der Waals surface area contributed by atoms with Crippen LogP contribution in [0, 0.1) is 5.92 Å². The number of carbonyl (C=O) groups is 1. The van der Waals surface area contributed by atoms with Gasteiger partial charge in [-0.2, -0.15) is 0 Å². The van der Waals surface area contributed by atoms with Crippen LogP contribution < -0.4 is 19.1 Å². The van der Waals surface area contributed by atoms with Gasteiger partial charge in [-0.3, -0.25) is 9.10 Å². The highest BCUT2D eigenvalue weighted by Gasteiger charge is 2.75. The van der Waals surface area contributed by atoms with E-state index < -0.39 is 20.7 Å². The largest absolute Gasteiger partial charge is 0.497 e. The predicted molar refractivity (Wildman–Crippen MR) is 107 cm³/mol. The smallest absolute Gasteiger partial charge is 0.250 e. The molecule has 0 aromatic heterocycles. The van der Waals surface area contributed by atoms with Gasteiger partial charge in [-0.25, -0.2) is 8.42 Å². The molecule has 1 saturated carbocycles. The summed E-state index contributed by atoms with van der Waals surface area (Å²) in [7, 11) is -0.810. The van der Waals surface area contributed by atoms with Crippen LogP contribution in [0.2, 0.25) is 5.02 Å². The Morgan fingerprint density at radius 2 is 1.89 bits per heavy atom. The number of rotatable bonds is 5. The van der Waals surface area contributed by atoms with Crippen LogP contribution >= 0.6 is 11.6 Å². The molecule has 0 radical (unpaired) electrons. The number of hydrogen-bond acceptors (Lipinski definition) is 5. The summed E-state index contributed by atoms with van der Waals surface area (Å²) in [6.45, 7) is 0.283. The van der Waals surface area contributed by atoms with E-state index in [-0.39, 0.29) is 12.5 Å². The van der Waals surface area contributed by atoms with E-state index >= 15 is 0 Å². The minimum Gasteiger partial charge on any atom is -0.497 e. The maximum absolute atomic E-state index is 13.2. The number of hydrogen-bond donors (Lipinski definition) is 1. The minimum atomic E-state index is -3.85. The molecule has 7 nitrogen and oxygen atoms in total. The highest BCUT2D eigenvalue weighted by molar-refractivity contribution is 7.95. The van der Waals surface area contributed by atoms with Crippen LogP contribution in [-0.4, -0.2) is 39.8 Å². The van der Waals surface area contributed by atoms with Crippen LogP contribution in [0.4, 0.5) is 11.4 Å². The first-order valence-corrected chi connectivity index (χ1v) is 10.5. The van der Waals surface area contributed by atoms with E-state index in [9.17, 15) is 13.2 Å². The average molecular weight is 423 g/mol. The molecule has 2 aromatic carbocycles. The van der Waals surface area contributed by atoms with Gasteiger partial charge in [0.25, 0.3) is 0 Å². The molecule has 0 bridgehead atoms. The number of anilines is 2. The number of nitrogens with one attached hydrogen (secondary N) is 1. The van der Waals surface area contributed by atoms with Crippen molar-refractivity contribution in [1.29, 1.82) is 0 Å². The van der Waals surface area contributed by atoms with Gasteiger partial charge in [0.1, 0.15) is 11.5 Å². The van der Waals surface area contributed by atoms with Crippen molar-refractivity contribution in [3.63, 3.8) is 0 Å². The Bertz CT molecular complexity index is 1040. The molecule has 2 atom stereocenters. The third-order valence-electron chi connectivity index (χ3n) is 5.34. The zero-order valence-corrected chi connectivity index (χ0v) is 16.9. The van der Waals surface area contributed by atoms with Gasteiger partial charge in [-0.1, -0.05) is 11.6 Å². The first kappa shape index (κ1) is 18.9. The average Bonchev–Trinajstić information content (AvgIpc) is 3.37. The Morgan fingerprint density at radius 1 is 1.18 bits per heavy atom. The van der Waals surface area contributed by atoms with Crippen LogP contribution in [0.15, 0.2) is 42.5 Å². The van der Waals surface area contributed by atoms with Crippen molar-refractivity contribution in [3.05, 3.63) is 47.5 Å². The van der Waals surface area contributed by atoms with Crippen molar-refractivity contribution in [2.45, 2.75) is 11.2 Å². The maximum atomic E-state index is 13.2. The Balaban J connectivity index is 1.58. The lowest BCUT2D eigenvalue weighted by atomic mass is 10.2. The number of benzene rings is 2. The van der Waals surface area contributed by atoms with Crippen LogP contribution in [-0.2, 0) is 14.8 Å². The lowest BCUT2D eigenvalue weighted by Crippen LogP contribution is -2.42. The molecule has 1 heterocycles. The molecule has 2 aromatic rings. The van der Waals surface area contributed by atoms with E-state index in [2.05, 4.69) is 5.32 Å². The van der Waals surface area contributed by atoms with Crippen LogP contribution in [0.5, 0.6) is 11.5 Å². The van der Waals surface area contributed by atoms with Gasteiger partial charge in [0.15, 0.2) is 4.75 Å². The van der Waals surface area contributed by atoms with Crippen LogP contribution in [0.3, 0.4) is 0 Å². The zero-order valence-electron chi connectivity index (χ0n) is 15.3. The Morgan fingerprint density at radius 3 is 2.50 bits per heavy atom. The predicted octanol–water partition coefficient (Wildman–Crippen LogP) is 2.90. The highest BCUT2D eigenvalue weighted by atomic mass is 35.5. The van der Waals surface area contributed by atoms with Gasteiger partial charge in [-0.05, 0) is 48.9 Å². The molecule has 2 unspecified atom stereocenters. The summed E-state index contributed by atoms with van der Waals surface area (Å²) in [4.78, 5) is 12.9. The van der Waals surface area contributed by atoms with E-state index in [1.807, 2.05) is 0 Å². The summed E-state index contributed by atoms with van der Waals surface area (Å²) in [6.07, 6.45) is 0.317. The third kappa shape index (κ3) is 2.70. The molecule has 1 aliphatic carbocycles. The van der Waals surface area contributed by atoms with E-state index in [4.69, 9.17) is 21.1 Å². The molecule has 9 heteroatoms. The second kappa shape index (κ2) is 6.56. The molecule has 2 fully saturated rings. The standard InChI is InChI=1S/C19H19ClN2O5S/c1-26-15-6-4-14(5-7-15)22-11-12-10-19(12,28(22,24)25)18(23)21-13-3-8-17(27-2)16(20)9-13/h3-9,12H,10-11H2,1-2H3,(H,21,23). The SMILES string of the molecule is COc1ccc(N2CC3CC3(C(=O)Nc3ccc(OC)c(Cl)c3)S2(=O)=O)cc1. The van der Waals surface area contributed by atoms with E-state index in [1.165, 1.54) is 17.5 Å². The van der Waals surface area contributed by atoms with Gasteiger partial charge in [0.2, 0.25) is 15.9 Å². The van der Waals surface area contributed by atoms with Crippen molar-refractivity contribution in [1.82, 2.24) is 0 Å². The lowest BCUT2D eigenvalue weighted by Gasteiger charge is -2.23. The molecule has 1 amide bonds. The molecule has 4 rings (SSSR count). The minimum absolute atomic E-state index is 0.242. The fourth-order valence-electron chi connectivity index (χ4n) is 3.70. The molecule has 1 saturated heterocycles. The van der Waals surface area contributed by atoms with Crippen LogP contribution in [0.1, 0.15) is 6.42 Å². The summed E-state index contributed by atoms with van der Waals surface area (Å²) in [6, 6.07) is 11.5. The Labute approximate surface area is 168 Å². The Kier molecular flexibility index (Phi) is 4.43. The molecular formula is C19H19ClN2O5S. The quantitative estimate of drug-likeness (QED) is 0.800. The number of nitrogens with zero attached hydrogens (tertiary/aromatic N) is 1. The van der Waals surface area contributed by atoms with E-state index in [1.54, 1.807) is 43.5 Å². The third-order valence-corrected chi connectivity index (χ3v) is 8.18. The maximum Gasteiger partial charge on any atom is 0.250 e.